The first kappa shape index (κ1) is 32.1. The van der Waals surface area contributed by atoms with Crippen molar-refractivity contribution in [3.8, 4) is 5.75 Å². The van der Waals surface area contributed by atoms with Gasteiger partial charge in [0, 0.05) is 17.9 Å². The minimum absolute atomic E-state index is 0.0718. The zero-order chi connectivity index (χ0) is 29.9. The molecule has 0 aliphatic carbocycles. The van der Waals surface area contributed by atoms with Crippen LogP contribution in [0.4, 0.5) is 13.2 Å². The van der Waals surface area contributed by atoms with Gasteiger partial charge in [-0.1, -0.05) is 6.92 Å². The first-order valence-electron chi connectivity index (χ1n) is 10.9. The standard InChI is InChI=1S/C21H23N3O8.C2HF3O2/c1-2-11(19(27)24-15(20(28)29)10-17(25)26)9-14-7-8-16(31-14)21(30)32-13-5-3-12(4-6-13)18(22)23;3-2(4,5)1(6)7/h3-8,11,15H,2,9-10H2,1H3,(H3,22,23)(H,24,27)(H,25,26)(H,28,29);(H,6,7)/t11?,15-;/m1./s1. The van der Waals surface area contributed by atoms with Gasteiger partial charge in [0.1, 0.15) is 23.4 Å². The molecule has 0 bridgehead atoms. The minimum Gasteiger partial charge on any atom is -0.481 e. The third-order valence-corrected chi connectivity index (χ3v) is 4.79. The van der Waals surface area contributed by atoms with Crippen molar-refractivity contribution < 1.29 is 61.6 Å². The summed E-state index contributed by atoms with van der Waals surface area (Å²) in [6.45, 7) is 1.71. The highest BCUT2D eigenvalue weighted by molar-refractivity contribution is 5.95. The van der Waals surface area contributed by atoms with E-state index in [0.717, 1.165) is 0 Å². The Kier molecular flexibility index (Phi) is 11.7. The Hall–Kier alpha value is -4.89. The maximum atomic E-state index is 12.4. The molecule has 0 spiro atoms. The number of benzene rings is 1. The first-order chi connectivity index (χ1) is 18.0. The van der Waals surface area contributed by atoms with Crippen molar-refractivity contribution in [3.05, 3.63) is 53.5 Å². The minimum atomic E-state index is -5.08. The topological polar surface area (TPSA) is 230 Å². The number of amides is 1. The number of esters is 1. The molecule has 7 N–H and O–H groups in total. The Morgan fingerprint density at radius 1 is 1.05 bits per heavy atom. The number of nitrogens with two attached hydrogens (primary N) is 1. The average Bonchev–Trinajstić information content (AvgIpc) is 3.30. The molecule has 0 aliphatic rings. The molecule has 0 aliphatic heterocycles. The number of carbonyl (C=O) groups is 5. The molecular formula is C23H24F3N3O10. The summed E-state index contributed by atoms with van der Waals surface area (Å²) in [6, 6.07) is 7.34. The van der Waals surface area contributed by atoms with E-state index in [2.05, 4.69) is 5.32 Å². The van der Waals surface area contributed by atoms with Gasteiger partial charge in [-0.25, -0.2) is 14.4 Å². The lowest BCUT2D eigenvalue weighted by molar-refractivity contribution is -0.192. The van der Waals surface area contributed by atoms with Crippen LogP contribution in [-0.2, 0) is 25.6 Å². The predicted molar refractivity (Wildman–Crippen MR) is 124 cm³/mol. The van der Waals surface area contributed by atoms with Gasteiger partial charge in [-0.2, -0.15) is 13.2 Å². The number of nitrogen functional groups attached to an aromatic ring is 1. The molecule has 0 radical (unpaired) electrons. The average molecular weight is 559 g/mol. The maximum Gasteiger partial charge on any atom is 0.490 e. The number of carboxylic acids is 3. The van der Waals surface area contributed by atoms with Crippen molar-refractivity contribution in [2.24, 2.45) is 11.7 Å². The van der Waals surface area contributed by atoms with Crippen LogP contribution in [0.1, 0.15) is 41.6 Å². The van der Waals surface area contributed by atoms with Crippen molar-refractivity contribution in [2.75, 3.05) is 0 Å². The summed E-state index contributed by atoms with van der Waals surface area (Å²) < 4.78 is 42.4. The Balaban J connectivity index is 0.000000956. The third-order valence-electron chi connectivity index (χ3n) is 4.79. The monoisotopic (exact) mass is 559 g/mol. The third kappa shape index (κ3) is 10.9. The smallest absolute Gasteiger partial charge is 0.481 e. The van der Waals surface area contributed by atoms with Crippen LogP contribution in [0.2, 0.25) is 0 Å². The van der Waals surface area contributed by atoms with Crippen LogP contribution >= 0.6 is 0 Å². The molecule has 0 saturated carbocycles. The molecule has 0 saturated heterocycles. The van der Waals surface area contributed by atoms with Gasteiger partial charge in [0.15, 0.2) is 0 Å². The second kappa shape index (κ2) is 14.2. The molecule has 13 nitrogen and oxygen atoms in total. The van der Waals surface area contributed by atoms with E-state index in [-0.39, 0.29) is 23.8 Å². The number of ether oxygens (including phenoxy) is 1. The normalized spacial score (nSPS) is 12.2. The second-order valence-corrected chi connectivity index (χ2v) is 7.70. The Labute approximate surface area is 217 Å². The lowest BCUT2D eigenvalue weighted by Gasteiger charge is -2.17. The number of nitrogens with one attached hydrogen (secondary N) is 2. The summed E-state index contributed by atoms with van der Waals surface area (Å²) in [5, 5.41) is 34.6. The summed E-state index contributed by atoms with van der Waals surface area (Å²) >= 11 is 0. The highest BCUT2D eigenvalue weighted by Gasteiger charge is 2.38. The molecular weight excluding hydrogens is 535 g/mol. The summed E-state index contributed by atoms with van der Waals surface area (Å²) in [6.07, 6.45) is -5.43. The lowest BCUT2D eigenvalue weighted by Crippen LogP contribution is -2.45. The number of furan rings is 1. The molecule has 1 aromatic carbocycles. The quantitative estimate of drug-likeness (QED) is 0.101. The van der Waals surface area contributed by atoms with Gasteiger partial charge in [0.05, 0.1) is 6.42 Å². The van der Waals surface area contributed by atoms with Gasteiger partial charge < -0.3 is 35.5 Å². The fraction of sp³-hybridized carbons (Fsp3) is 0.304. The van der Waals surface area contributed by atoms with Crippen molar-refractivity contribution in [2.45, 2.75) is 38.4 Å². The van der Waals surface area contributed by atoms with Crippen LogP contribution in [0.3, 0.4) is 0 Å². The molecule has 2 atom stereocenters. The van der Waals surface area contributed by atoms with Gasteiger partial charge in [-0.3, -0.25) is 15.0 Å². The maximum absolute atomic E-state index is 12.4. The van der Waals surface area contributed by atoms with E-state index in [9.17, 15) is 32.3 Å². The summed E-state index contributed by atoms with van der Waals surface area (Å²) in [4.78, 5) is 55.5. The van der Waals surface area contributed by atoms with Crippen molar-refractivity contribution in [1.29, 1.82) is 5.41 Å². The van der Waals surface area contributed by atoms with Crippen molar-refractivity contribution >= 4 is 35.6 Å². The zero-order valence-corrected chi connectivity index (χ0v) is 20.2. The number of rotatable bonds is 11. The molecule has 212 valence electrons. The molecule has 1 aromatic heterocycles. The molecule has 1 heterocycles. The highest BCUT2D eigenvalue weighted by atomic mass is 19.4. The van der Waals surface area contributed by atoms with Gasteiger partial charge in [-0.15, -0.1) is 0 Å². The SMILES string of the molecule is CCC(Cc1ccc(C(=O)Oc2ccc(C(=N)N)cc2)o1)C(=O)N[C@H](CC(=O)O)C(=O)O.O=C(O)C(F)(F)F. The fourth-order valence-electron chi connectivity index (χ4n) is 2.79. The van der Waals surface area contributed by atoms with E-state index in [4.69, 9.17) is 40.4 Å². The molecule has 39 heavy (non-hydrogen) atoms. The van der Waals surface area contributed by atoms with E-state index >= 15 is 0 Å². The summed E-state index contributed by atoms with van der Waals surface area (Å²) in [5.74, 6) is -7.34. The number of hydrogen-bond acceptors (Lipinski definition) is 8. The molecule has 2 rings (SSSR count). The van der Waals surface area contributed by atoms with Crippen LogP contribution in [0, 0.1) is 11.3 Å². The van der Waals surface area contributed by atoms with Crippen LogP contribution in [-0.4, -0.2) is 63.2 Å². The van der Waals surface area contributed by atoms with E-state index < -0.39 is 54.3 Å². The van der Waals surface area contributed by atoms with Crippen molar-refractivity contribution in [3.63, 3.8) is 0 Å². The second-order valence-electron chi connectivity index (χ2n) is 7.70. The van der Waals surface area contributed by atoms with Crippen LogP contribution in [0.25, 0.3) is 0 Å². The van der Waals surface area contributed by atoms with E-state index in [1.54, 1.807) is 6.92 Å². The van der Waals surface area contributed by atoms with Gasteiger partial charge in [0.25, 0.3) is 0 Å². The van der Waals surface area contributed by atoms with Crippen molar-refractivity contribution in [1.82, 2.24) is 5.32 Å². The number of halogens is 3. The molecule has 1 unspecified atom stereocenters. The lowest BCUT2D eigenvalue weighted by atomic mass is 9.99. The Bertz CT molecular complexity index is 1210. The van der Waals surface area contributed by atoms with Gasteiger partial charge in [-0.05, 0) is 42.8 Å². The molecule has 0 fully saturated rings. The Morgan fingerprint density at radius 2 is 1.62 bits per heavy atom. The van der Waals surface area contributed by atoms with Crippen LogP contribution in [0.5, 0.6) is 5.75 Å². The number of carbonyl (C=O) groups excluding carboxylic acids is 2. The summed E-state index contributed by atoms with van der Waals surface area (Å²) in [5.41, 5.74) is 5.85. The molecule has 2 aromatic rings. The molecule has 16 heteroatoms. The number of alkyl halides is 3. The Morgan fingerprint density at radius 3 is 2.05 bits per heavy atom. The fourth-order valence-corrected chi connectivity index (χ4v) is 2.79. The predicted octanol–water partition coefficient (Wildman–Crippen LogP) is 2.03. The van der Waals surface area contributed by atoms with E-state index in [1.807, 2.05) is 0 Å². The summed E-state index contributed by atoms with van der Waals surface area (Å²) in [7, 11) is 0. The number of aliphatic carboxylic acids is 3. The highest BCUT2D eigenvalue weighted by Crippen LogP contribution is 2.19. The molecule has 1 amide bonds. The number of amidine groups is 1. The largest absolute Gasteiger partial charge is 0.490 e. The van der Waals surface area contributed by atoms with Crippen LogP contribution in [0.15, 0.2) is 40.8 Å². The van der Waals surface area contributed by atoms with Crippen LogP contribution < -0.4 is 15.8 Å². The first-order valence-corrected chi connectivity index (χ1v) is 10.9. The number of hydrogen-bond donors (Lipinski definition) is 6. The van der Waals surface area contributed by atoms with E-state index in [1.165, 1.54) is 36.4 Å². The van der Waals surface area contributed by atoms with E-state index in [0.29, 0.717) is 17.7 Å². The van der Waals surface area contributed by atoms with Gasteiger partial charge >= 0.3 is 30.1 Å². The number of carboxylic acid groups (broad SMARTS) is 3. The zero-order valence-electron chi connectivity index (χ0n) is 20.2. The van der Waals surface area contributed by atoms with Gasteiger partial charge in [0.2, 0.25) is 11.7 Å².